The van der Waals surface area contributed by atoms with Crippen LogP contribution in [-0.2, 0) is 0 Å². The molecule has 0 radical (unpaired) electrons. The van der Waals surface area contributed by atoms with Crippen molar-refractivity contribution in [3.8, 4) is 0 Å². The first-order valence-electron chi connectivity index (χ1n) is 7.46. The number of hydrogen-bond acceptors (Lipinski definition) is 0. The molecule has 2 atom stereocenters. The third-order valence-corrected chi connectivity index (χ3v) is 4.60. The summed E-state index contributed by atoms with van der Waals surface area (Å²) < 4.78 is 0. The first-order chi connectivity index (χ1) is 9.92. The van der Waals surface area contributed by atoms with Gasteiger partial charge in [-0.25, -0.2) is 0 Å². The molecule has 2 aliphatic rings. The molecule has 0 nitrogen and oxygen atoms in total. The van der Waals surface area contributed by atoms with Crippen molar-refractivity contribution < 1.29 is 0 Å². The van der Waals surface area contributed by atoms with Gasteiger partial charge in [-0.3, -0.25) is 0 Å². The van der Waals surface area contributed by atoms with Crippen LogP contribution in [0, 0.1) is 0 Å². The molecule has 4 rings (SSSR count). The van der Waals surface area contributed by atoms with E-state index >= 15 is 0 Å². The summed E-state index contributed by atoms with van der Waals surface area (Å²) in [7, 11) is 0. The fraction of sp³-hybridized carbons (Fsp3) is 0.200. The van der Waals surface area contributed by atoms with Crippen molar-refractivity contribution in [3.63, 3.8) is 0 Å². The SMILES string of the molecule is C1=CC(CCC2C=Cc3ccccc32)c2ccccc21.[NaH].[NaH]. The molecule has 2 aliphatic carbocycles. The Balaban J connectivity index is 0.000000882. The normalized spacial score (nSPS) is 20.0. The second-order valence-corrected chi connectivity index (χ2v) is 5.77. The Morgan fingerprint density at radius 2 is 1.00 bits per heavy atom. The van der Waals surface area contributed by atoms with Crippen LogP contribution in [0.15, 0.2) is 60.7 Å². The van der Waals surface area contributed by atoms with Crippen LogP contribution in [0.2, 0.25) is 0 Å². The van der Waals surface area contributed by atoms with Crippen LogP contribution in [0.5, 0.6) is 0 Å². The first kappa shape index (κ1) is 18.3. The fourth-order valence-electron chi connectivity index (χ4n) is 3.51. The molecule has 0 heterocycles. The van der Waals surface area contributed by atoms with Crippen LogP contribution in [0.1, 0.15) is 46.9 Å². The van der Waals surface area contributed by atoms with Crippen LogP contribution < -0.4 is 0 Å². The summed E-state index contributed by atoms with van der Waals surface area (Å²) in [5.41, 5.74) is 5.81. The van der Waals surface area contributed by atoms with Crippen LogP contribution in [0.4, 0.5) is 0 Å². The van der Waals surface area contributed by atoms with Gasteiger partial charge in [0, 0.05) is 11.8 Å². The third kappa shape index (κ3) is 3.53. The zero-order valence-corrected chi connectivity index (χ0v) is 11.5. The second kappa shape index (κ2) is 8.15. The predicted molar refractivity (Wildman–Crippen MR) is 100.0 cm³/mol. The van der Waals surface area contributed by atoms with Crippen molar-refractivity contribution in [2.24, 2.45) is 0 Å². The maximum absolute atomic E-state index is 2.37. The molecule has 0 N–H and O–H groups in total. The van der Waals surface area contributed by atoms with Gasteiger partial charge in [0.2, 0.25) is 0 Å². The van der Waals surface area contributed by atoms with Gasteiger partial charge in [-0.1, -0.05) is 72.8 Å². The molecule has 2 unspecified atom stereocenters. The van der Waals surface area contributed by atoms with E-state index in [0.29, 0.717) is 11.8 Å². The molecule has 0 saturated heterocycles. The number of fused-ring (bicyclic) bond motifs is 2. The zero-order valence-electron chi connectivity index (χ0n) is 11.5. The minimum absolute atomic E-state index is 0. The van der Waals surface area contributed by atoms with Gasteiger partial charge < -0.3 is 0 Å². The number of benzene rings is 2. The molecule has 0 bridgehead atoms. The van der Waals surface area contributed by atoms with E-state index in [1.807, 2.05) is 0 Å². The Hall–Kier alpha value is -0.0800. The van der Waals surface area contributed by atoms with Gasteiger partial charge in [-0.05, 0) is 35.1 Å². The molecular formula is C20H20Na2. The average Bonchev–Trinajstić information content (AvgIpc) is 3.09. The minimum atomic E-state index is 0. The number of rotatable bonds is 3. The summed E-state index contributed by atoms with van der Waals surface area (Å²) in [6, 6.07) is 17.6. The molecule has 0 amide bonds. The Kier molecular flexibility index (Phi) is 6.76. The van der Waals surface area contributed by atoms with E-state index in [9.17, 15) is 0 Å². The number of allylic oxidation sites excluding steroid dienone is 2. The Morgan fingerprint density at radius 1 is 0.591 bits per heavy atom. The van der Waals surface area contributed by atoms with Crippen LogP contribution in [-0.4, -0.2) is 59.1 Å². The summed E-state index contributed by atoms with van der Waals surface area (Å²) in [6.07, 6.45) is 11.8. The second-order valence-electron chi connectivity index (χ2n) is 5.77. The third-order valence-electron chi connectivity index (χ3n) is 4.60. The van der Waals surface area contributed by atoms with Gasteiger partial charge in [0.05, 0.1) is 0 Å². The van der Waals surface area contributed by atoms with Crippen molar-refractivity contribution in [2.75, 3.05) is 0 Å². The Bertz CT molecular complexity index is 639. The summed E-state index contributed by atoms with van der Waals surface area (Å²) in [4.78, 5) is 0. The number of hydrogen-bond donors (Lipinski definition) is 0. The van der Waals surface area contributed by atoms with Crippen LogP contribution in [0.3, 0.4) is 0 Å². The van der Waals surface area contributed by atoms with E-state index in [0.717, 1.165) is 0 Å². The average molecular weight is 306 g/mol. The summed E-state index contributed by atoms with van der Waals surface area (Å²) >= 11 is 0. The molecule has 0 aliphatic heterocycles. The molecule has 0 fully saturated rings. The van der Waals surface area contributed by atoms with Crippen molar-refractivity contribution in [1.29, 1.82) is 0 Å². The molecule has 22 heavy (non-hydrogen) atoms. The maximum atomic E-state index is 2.37. The van der Waals surface area contributed by atoms with Gasteiger partial charge >= 0.3 is 59.1 Å². The Morgan fingerprint density at radius 3 is 1.45 bits per heavy atom. The zero-order chi connectivity index (χ0) is 13.4. The molecule has 102 valence electrons. The van der Waals surface area contributed by atoms with Gasteiger partial charge in [-0.2, -0.15) is 0 Å². The van der Waals surface area contributed by atoms with Gasteiger partial charge in [-0.15, -0.1) is 0 Å². The van der Waals surface area contributed by atoms with E-state index < -0.39 is 0 Å². The summed E-state index contributed by atoms with van der Waals surface area (Å²) in [5, 5.41) is 0. The molecular weight excluding hydrogens is 286 g/mol. The summed E-state index contributed by atoms with van der Waals surface area (Å²) in [6.45, 7) is 0. The van der Waals surface area contributed by atoms with E-state index in [1.54, 1.807) is 0 Å². The molecule has 2 heteroatoms. The van der Waals surface area contributed by atoms with E-state index in [1.165, 1.54) is 35.1 Å². The summed E-state index contributed by atoms with van der Waals surface area (Å²) in [5.74, 6) is 1.21. The van der Waals surface area contributed by atoms with Gasteiger partial charge in [0.1, 0.15) is 0 Å². The molecule has 2 aromatic rings. The van der Waals surface area contributed by atoms with E-state index in [2.05, 4.69) is 72.8 Å². The van der Waals surface area contributed by atoms with E-state index in [-0.39, 0.29) is 59.1 Å². The predicted octanol–water partition coefficient (Wildman–Crippen LogP) is 4.09. The standard InChI is InChI=1S/C20H18.2Na.2H/c1-3-7-19-15(5-1)9-11-17(19)13-14-18-12-10-16-6-2-4-8-20(16)18;;;;/h1-12,17-18H,13-14H2;;;;. The first-order valence-corrected chi connectivity index (χ1v) is 7.46. The Labute approximate surface area is 177 Å². The molecule has 0 saturated carbocycles. The fourth-order valence-corrected chi connectivity index (χ4v) is 3.51. The molecule has 0 aromatic heterocycles. The molecule has 2 aromatic carbocycles. The van der Waals surface area contributed by atoms with Crippen molar-refractivity contribution >= 4 is 71.3 Å². The van der Waals surface area contributed by atoms with Crippen molar-refractivity contribution in [3.05, 3.63) is 82.9 Å². The van der Waals surface area contributed by atoms with Gasteiger partial charge in [0.25, 0.3) is 0 Å². The van der Waals surface area contributed by atoms with Crippen molar-refractivity contribution in [2.45, 2.75) is 24.7 Å². The monoisotopic (exact) mass is 306 g/mol. The van der Waals surface area contributed by atoms with E-state index in [4.69, 9.17) is 0 Å². The topological polar surface area (TPSA) is 0 Å². The quantitative estimate of drug-likeness (QED) is 0.749. The molecule has 0 spiro atoms. The van der Waals surface area contributed by atoms with Gasteiger partial charge in [0.15, 0.2) is 0 Å². The van der Waals surface area contributed by atoms with Crippen molar-refractivity contribution in [1.82, 2.24) is 0 Å². The van der Waals surface area contributed by atoms with Crippen LogP contribution in [0.25, 0.3) is 12.2 Å². The van der Waals surface area contributed by atoms with Crippen LogP contribution >= 0.6 is 0 Å².